The molecule has 0 bridgehead atoms. The molecular weight excluding hydrogens is 511 g/mol. The molecule has 0 atom stereocenters. The molecule has 3 amide bonds. The van der Waals surface area contributed by atoms with Gasteiger partial charge in [0.05, 0.1) is 5.56 Å². The van der Waals surface area contributed by atoms with E-state index in [0.29, 0.717) is 35.8 Å². The van der Waals surface area contributed by atoms with Gasteiger partial charge in [-0.2, -0.15) is 13.2 Å². The molecule has 2 heterocycles. The zero-order valence-electron chi connectivity index (χ0n) is 21.1. The van der Waals surface area contributed by atoms with Gasteiger partial charge < -0.3 is 26.0 Å². The van der Waals surface area contributed by atoms with E-state index < -0.39 is 17.8 Å². The topological polar surface area (TPSA) is 110 Å². The number of halogens is 3. The highest BCUT2D eigenvalue weighted by atomic mass is 19.4. The Kier molecular flexibility index (Phi) is 7.42. The zero-order chi connectivity index (χ0) is 27.6. The normalized spacial score (nSPS) is 14.9. The number of aromatic nitrogens is 1. The zero-order valence-corrected chi connectivity index (χ0v) is 21.1. The quantitative estimate of drug-likeness (QED) is 0.376. The minimum Gasteiger partial charge on any atom is -0.457 e. The summed E-state index contributed by atoms with van der Waals surface area (Å²) < 4.78 is 46.1. The van der Waals surface area contributed by atoms with Crippen molar-refractivity contribution in [1.82, 2.24) is 9.88 Å². The molecule has 1 aliphatic heterocycles. The number of amides is 3. The number of fused-ring (bicyclic) bond motifs is 1. The fourth-order valence-corrected chi connectivity index (χ4v) is 4.46. The number of hydrogen-bond acceptors (Lipinski definition) is 5. The van der Waals surface area contributed by atoms with E-state index in [4.69, 9.17) is 10.5 Å². The van der Waals surface area contributed by atoms with Crippen molar-refractivity contribution in [3.63, 3.8) is 0 Å². The van der Waals surface area contributed by atoms with E-state index in [1.165, 1.54) is 6.07 Å². The highest BCUT2D eigenvalue weighted by molar-refractivity contribution is 5.93. The number of alkyl halides is 3. The molecule has 204 valence electrons. The second-order valence-electron chi connectivity index (χ2n) is 9.73. The summed E-state index contributed by atoms with van der Waals surface area (Å²) in [5.41, 5.74) is 7.10. The summed E-state index contributed by atoms with van der Waals surface area (Å²) in [4.78, 5) is 30.7. The molecule has 8 nitrogen and oxygen atoms in total. The van der Waals surface area contributed by atoms with Gasteiger partial charge in [0.25, 0.3) is 0 Å². The molecule has 0 spiro atoms. The number of nitrogens with two attached hydrogens (primary N) is 1. The Morgan fingerprint density at radius 1 is 1.03 bits per heavy atom. The van der Waals surface area contributed by atoms with Crippen molar-refractivity contribution in [1.29, 1.82) is 0 Å². The molecule has 1 aliphatic carbocycles. The van der Waals surface area contributed by atoms with Gasteiger partial charge in [0.2, 0.25) is 5.91 Å². The third-order valence-corrected chi connectivity index (χ3v) is 6.65. The van der Waals surface area contributed by atoms with Gasteiger partial charge in [0.1, 0.15) is 17.3 Å². The average molecular weight is 540 g/mol. The van der Waals surface area contributed by atoms with Gasteiger partial charge in [0, 0.05) is 37.0 Å². The molecule has 2 aromatic carbocycles. The Hall–Kier alpha value is -4.12. The minimum atomic E-state index is -4.54. The van der Waals surface area contributed by atoms with Crippen molar-refractivity contribution in [2.45, 2.75) is 38.4 Å². The molecule has 1 fully saturated rings. The van der Waals surface area contributed by atoms with Crippen LogP contribution in [0.15, 0.2) is 54.7 Å². The largest absolute Gasteiger partial charge is 0.457 e. The first kappa shape index (κ1) is 26.5. The van der Waals surface area contributed by atoms with E-state index in [1.807, 2.05) is 18.2 Å². The molecule has 0 unspecified atom stereocenters. The lowest BCUT2D eigenvalue weighted by molar-refractivity contribution is -0.137. The van der Waals surface area contributed by atoms with E-state index in [-0.39, 0.29) is 37.0 Å². The number of anilines is 2. The number of urea groups is 1. The van der Waals surface area contributed by atoms with Gasteiger partial charge in [-0.15, -0.1) is 0 Å². The highest BCUT2D eigenvalue weighted by Crippen LogP contribution is 2.33. The van der Waals surface area contributed by atoms with Crippen molar-refractivity contribution in [3.05, 3.63) is 77.0 Å². The van der Waals surface area contributed by atoms with E-state index in [9.17, 15) is 22.8 Å². The molecule has 4 N–H and O–H groups in total. The monoisotopic (exact) mass is 539 g/mol. The lowest BCUT2D eigenvalue weighted by Crippen LogP contribution is -2.38. The second-order valence-corrected chi connectivity index (χ2v) is 9.73. The third kappa shape index (κ3) is 6.66. The molecule has 0 radical (unpaired) electrons. The van der Waals surface area contributed by atoms with Crippen molar-refractivity contribution in [2.75, 3.05) is 23.7 Å². The first-order valence-corrected chi connectivity index (χ1v) is 12.7. The van der Waals surface area contributed by atoms with Gasteiger partial charge in [-0.3, -0.25) is 4.79 Å². The summed E-state index contributed by atoms with van der Waals surface area (Å²) in [5.74, 6) is 1.46. The van der Waals surface area contributed by atoms with Crippen LogP contribution in [0.2, 0.25) is 0 Å². The number of rotatable bonds is 7. The number of nitrogens with zero attached hydrogens (tertiary/aromatic N) is 2. The smallest absolute Gasteiger partial charge is 0.416 e. The highest BCUT2D eigenvalue weighted by Gasteiger charge is 2.32. The molecule has 3 aromatic rings. The van der Waals surface area contributed by atoms with Gasteiger partial charge in [-0.05, 0) is 85.3 Å². The first-order chi connectivity index (χ1) is 18.7. The Balaban J connectivity index is 1.26. The number of hydrogen-bond donors (Lipinski definition) is 3. The molecule has 2 aliphatic rings. The number of carbonyl (C=O) groups is 2. The van der Waals surface area contributed by atoms with Gasteiger partial charge in [-0.1, -0.05) is 6.07 Å². The third-order valence-electron chi connectivity index (χ3n) is 6.65. The summed E-state index contributed by atoms with van der Waals surface area (Å²) in [6, 6.07) is 11.9. The van der Waals surface area contributed by atoms with Crippen LogP contribution in [0.5, 0.6) is 11.5 Å². The number of carbonyl (C=O) groups excluding carboxylic acids is 2. The average Bonchev–Trinajstić information content (AvgIpc) is 3.74. The van der Waals surface area contributed by atoms with Crippen molar-refractivity contribution in [3.8, 4) is 11.5 Å². The van der Waals surface area contributed by atoms with Gasteiger partial charge in [0.15, 0.2) is 0 Å². The predicted octanol–water partition coefficient (Wildman–Crippen LogP) is 5.33. The van der Waals surface area contributed by atoms with Crippen LogP contribution >= 0.6 is 0 Å². The van der Waals surface area contributed by atoms with Crippen LogP contribution in [0.1, 0.15) is 35.1 Å². The Labute approximate surface area is 223 Å². The van der Waals surface area contributed by atoms with E-state index in [0.717, 1.165) is 36.1 Å². The predicted molar refractivity (Wildman–Crippen MR) is 139 cm³/mol. The summed E-state index contributed by atoms with van der Waals surface area (Å²) >= 11 is 0. The molecule has 11 heteroatoms. The minimum absolute atomic E-state index is 0.0486. The summed E-state index contributed by atoms with van der Waals surface area (Å²) in [6.07, 6.45) is -0.351. The van der Waals surface area contributed by atoms with Crippen LogP contribution < -0.4 is 21.1 Å². The molecule has 39 heavy (non-hydrogen) atoms. The van der Waals surface area contributed by atoms with Crippen LogP contribution in [0.3, 0.4) is 0 Å². The van der Waals surface area contributed by atoms with Crippen LogP contribution in [0, 0.1) is 5.92 Å². The van der Waals surface area contributed by atoms with E-state index in [1.54, 1.807) is 23.2 Å². The lowest BCUT2D eigenvalue weighted by atomic mass is 9.99. The van der Waals surface area contributed by atoms with Crippen LogP contribution in [-0.2, 0) is 30.4 Å². The van der Waals surface area contributed by atoms with Crippen LogP contribution in [-0.4, -0.2) is 34.9 Å². The molecule has 1 aromatic heterocycles. The maximum atomic E-state index is 13.4. The SMILES string of the molecule is NCCc1cc(NC(=O)N2CCc3ccc(Oc4ccnc(NC(=O)C5CC5)c4)cc3C2)cc(C(F)(F)F)c1. The van der Waals surface area contributed by atoms with Crippen molar-refractivity contribution in [2.24, 2.45) is 11.7 Å². The summed E-state index contributed by atoms with van der Waals surface area (Å²) in [6.45, 7) is 0.881. The van der Waals surface area contributed by atoms with Crippen LogP contribution in [0.4, 0.5) is 29.5 Å². The molecular formula is C28H28F3N5O3. The van der Waals surface area contributed by atoms with E-state index >= 15 is 0 Å². The molecule has 5 rings (SSSR count). The second kappa shape index (κ2) is 10.9. The number of benzene rings is 2. The Bertz CT molecular complexity index is 1390. The Morgan fingerprint density at radius 3 is 2.56 bits per heavy atom. The summed E-state index contributed by atoms with van der Waals surface area (Å²) in [5, 5.41) is 5.41. The maximum absolute atomic E-state index is 13.4. The molecule has 0 saturated heterocycles. The van der Waals surface area contributed by atoms with E-state index in [2.05, 4.69) is 15.6 Å². The van der Waals surface area contributed by atoms with Crippen molar-refractivity contribution < 1.29 is 27.5 Å². The van der Waals surface area contributed by atoms with Gasteiger partial charge in [-0.25, -0.2) is 9.78 Å². The number of pyridine rings is 1. The number of nitrogens with one attached hydrogen (secondary N) is 2. The first-order valence-electron chi connectivity index (χ1n) is 12.7. The fourth-order valence-electron chi connectivity index (χ4n) is 4.46. The number of ether oxygens (including phenoxy) is 1. The maximum Gasteiger partial charge on any atom is 0.416 e. The van der Waals surface area contributed by atoms with Crippen LogP contribution in [0.25, 0.3) is 0 Å². The standard InChI is InChI=1S/C28H28F3N5O3/c29-28(30,31)21-11-17(5-8-32)12-22(14-21)34-27(38)36-10-7-18-3-4-23(13-20(18)16-36)39-24-6-9-33-25(15-24)35-26(37)19-1-2-19/h3-4,6,9,11-15,19H,1-2,5,7-8,10,16,32H2,(H,34,38)(H,33,35,37). The van der Waals surface area contributed by atoms with Crippen molar-refractivity contribution >= 4 is 23.4 Å². The van der Waals surface area contributed by atoms with Gasteiger partial charge >= 0.3 is 12.2 Å². The Morgan fingerprint density at radius 2 is 1.82 bits per heavy atom. The summed E-state index contributed by atoms with van der Waals surface area (Å²) in [7, 11) is 0. The fraction of sp³-hybridized carbons (Fsp3) is 0.321. The molecule has 1 saturated carbocycles. The lowest BCUT2D eigenvalue weighted by Gasteiger charge is -2.29.